The Morgan fingerprint density at radius 2 is 2.21 bits per heavy atom. The predicted molar refractivity (Wildman–Crippen MR) is 87.2 cm³/mol. The number of nitrogens with zero attached hydrogens (tertiary/aromatic N) is 3. The summed E-state index contributed by atoms with van der Waals surface area (Å²) in [7, 11) is 0. The van der Waals surface area contributed by atoms with Gasteiger partial charge in [0.25, 0.3) is 5.91 Å². The van der Waals surface area contributed by atoms with Gasteiger partial charge in [-0.25, -0.2) is 4.98 Å². The van der Waals surface area contributed by atoms with E-state index in [2.05, 4.69) is 10.3 Å². The molecule has 1 fully saturated rings. The molecule has 0 bridgehead atoms. The van der Waals surface area contributed by atoms with Crippen molar-refractivity contribution in [1.82, 2.24) is 19.8 Å². The average molecular weight is 330 g/mol. The van der Waals surface area contributed by atoms with E-state index in [0.717, 1.165) is 0 Å². The van der Waals surface area contributed by atoms with Gasteiger partial charge in [-0.2, -0.15) is 0 Å². The lowest BCUT2D eigenvalue weighted by Gasteiger charge is -2.31. The van der Waals surface area contributed by atoms with Crippen LogP contribution in [0.2, 0.25) is 0 Å². The van der Waals surface area contributed by atoms with Crippen molar-refractivity contribution in [2.45, 2.75) is 32.4 Å². The van der Waals surface area contributed by atoms with E-state index < -0.39 is 0 Å². The molecule has 3 rings (SSSR count). The third-order valence-corrected chi connectivity index (χ3v) is 4.35. The highest BCUT2D eigenvalue weighted by Gasteiger charge is 2.28. The van der Waals surface area contributed by atoms with Crippen LogP contribution >= 0.6 is 0 Å². The first-order valence-electron chi connectivity index (χ1n) is 8.21. The minimum Gasteiger partial charge on any atom is -0.472 e. The minimum atomic E-state index is -0.0383. The second kappa shape index (κ2) is 7.33. The summed E-state index contributed by atoms with van der Waals surface area (Å²) in [6.45, 7) is 3.87. The molecule has 24 heavy (non-hydrogen) atoms. The monoisotopic (exact) mass is 330 g/mol. The fourth-order valence-corrected chi connectivity index (χ4v) is 3.03. The third-order valence-electron chi connectivity index (χ3n) is 4.35. The number of carbonyl (C=O) groups is 2. The zero-order valence-electron chi connectivity index (χ0n) is 13.7. The van der Waals surface area contributed by atoms with Gasteiger partial charge < -0.3 is 19.2 Å². The molecule has 128 valence electrons. The van der Waals surface area contributed by atoms with Gasteiger partial charge in [0, 0.05) is 44.0 Å². The highest BCUT2D eigenvalue weighted by atomic mass is 16.3. The Morgan fingerprint density at radius 1 is 1.42 bits per heavy atom. The summed E-state index contributed by atoms with van der Waals surface area (Å²) in [5.74, 6) is -0.00209. The van der Waals surface area contributed by atoms with Crippen molar-refractivity contribution in [1.29, 1.82) is 0 Å². The molecule has 1 saturated heterocycles. The molecule has 0 aliphatic carbocycles. The lowest BCUT2D eigenvalue weighted by molar-refractivity contribution is -0.127. The van der Waals surface area contributed by atoms with Gasteiger partial charge in [-0.15, -0.1) is 0 Å². The molecule has 1 atom stereocenters. The fraction of sp³-hybridized carbons (Fsp3) is 0.471. The molecule has 2 aromatic rings. The van der Waals surface area contributed by atoms with Gasteiger partial charge in [0.1, 0.15) is 6.26 Å². The number of hydrogen-bond acceptors (Lipinski definition) is 4. The molecule has 0 unspecified atom stereocenters. The molecule has 2 amide bonds. The van der Waals surface area contributed by atoms with Gasteiger partial charge in [-0.1, -0.05) is 0 Å². The van der Waals surface area contributed by atoms with Crippen molar-refractivity contribution in [2.24, 2.45) is 5.92 Å². The highest BCUT2D eigenvalue weighted by Crippen LogP contribution is 2.19. The lowest BCUT2D eigenvalue weighted by atomic mass is 9.95. The van der Waals surface area contributed by atoms with Crippen LogP contribution in [0.3, 0.4) is 0 Å². The fourth-order valence-electron chi connectivity index (χ4n) is 3.03. The van der Waals surface area contributed by atoms with Crippen molar-refractivity contribution in [2.75, 3.05) is 13.1 Å². The molecule has 1 N–H and O–H groups in total. The number of aromatic nitrogens is 2. The molecule has 0 radical (unpaired) electrons. The molecule has 0 saturated carbocycles. The maximum Gasteiger partial charge on any atom is 0.257 e. The maximum absolute atomic E-state index is 12.4. The molecule has 7 nitrogen and oxygen atoms in total. The minimum absolute atomic E-state index is 0.0314. The molecule has 1 aliphatic rings. The van der Waals surface area contributed by atoms with Crippen molar-refractivity contribution in [3.05, 3.63) is 42.9 Å². The van der Waals surface area contributed by atoms with Gasteiger partial charge in [-0.05, 0) is 25.8 Å². The second-order valence-corrected chi connectivity index (χ2v) is 6.25. The largest absolute Gasteiger partial charge is 0.472 e. The molecule has 1 aliphatic heterocycles. The number of amides is 2. The Labute approximate surface area is 140 Å². The first kappa shape index (κ1) is 16.3. The standard InChI is InChI=1S/C17H22N4O3/c1-13(10-20-8-5-18-12-20)19-16(22)14-2-6-21(7-3-14)17(23)15-4-9-24-11-15/h4-5,8-9,11-14H,2-3,6-7,10H2,1H3,(H,19,22)/t13-/m0/s1. The normalized spacial score (nSPS) is 16.8. The van der Waals surface area contributed by atoms with Crippen molar-refractivity contribution in [3.8, 4) is 0 Å². The van der Waals surface area contributed by atoms with E-state index in [9.17, 15) is 9.59 Å². The van der Waals surface area contributed by atoms with E-state index in [-0.39, 0.29) is 23.8 Å². The number of rotatable bonds is 5. The van der Waals surface area contributed by atoms with Crippen LogP contribution in [-0.4, -0.2) is 45.4 Å². The number of nitrogens with one attached hydrogen (secondary N) is 1. The predicted octanol–water partition coefficient (Wildman–Crippen LogP) is 1.53. The quantitative estimate of drug-likeness (QED) is 0.901. The second-order valence-electron chi connectivity index (χ2n) is 6.25. The Morgan fingerprint density at radius 3 is 2.83 bits per heavy atom. The van der Waals surface area contributed by atoms with Crippen LogP contribution < -0.4 is 5.32 Å². The van der Waals surface area contributed by atoms with E-state index in [1.165, 1.54) is 12.5 Å². The van der Waals surface area contributed by atoms with E-state index >= 15 is 0 Å². The van der Waals surface area contributed by atoms with E-state index in [1.54, 1.807) is 23.5 Å². The Balaban J connectivity index is 1.45. The summed E-state index contributed by atoms with van der Waals surface area (Å²) in [6, 6.07) is 1.70. The van der Waals surface area contributed by atoms with E-state index in [0.29, 0.717) is 38.0 Å². The molecule has 7 heteroatoms. The van der Waals surface area contributed by atoms with Crippen LogP contribution in [0.1, 0.15) is 30.1 Å². The summed E-state index contributed by atoms with van der Waals surface area (Å²) in [4.78, 5) is 30.4. The Hall–Kier alpha value is -2.57. The van der Waals surface area contributed by atoms with Crippen molar-refractivity contribution >= 4 is 11.8 Å². The number of hydrogen-bond donors (Lipinski definition) is 1. The van der Waals surface area contributed by atoms with Gasteiger partial charge in [0.15, 0.2) is 0 Å². The lowest BCUT2D eigenvalue weighted by Crippen LogP contribution is -2.45. The zero-order chi connectivity index (χ0) is 16.9. The third kappa shape index (κ3) is 3.84. The summed E-state index contributed by atoms with van der Waals surface area (Å²) < 4.78 is 6.90. The van der Waals surface area contributed by atoms with Crippen molar-refractivity contribution < 1.29 is 14.0 Å². The van der Waals surface area contributed by atoms with Crippen LogP contribution in [0.4, 0.5) is 0 Å². The van der Waals surface area contributed by atoms with Gasteiger partial charge in [0.2, 0.25) is 5.91 Å². The molecule has 2 aromatic heterocycles. The molecular weight excluding hydrogens is 308 g/mol. The topological polar surface area (TPSA) is 80.4 Å². The summed E-state index contributed by atoms with van der Waals surface area (Å²) in [5, 5.41) is 3.05. The van der Waals surface area contributed by atoms with E-state index in [1.807, 2.05) is 17.7 Å². The van der Waals surface area contributed by atoms with Crippen LogP contribution in [0, 0.1) is 5.92 Å². The average Bonchev–Trinajstić information content (AvgIpc) is 3.27. The number of likely N-dealkylation sites (tertiary alicyclic amines) is 1. The van der Waals surface area contributed by atoms with Gasteiger partial charge >= 0.3 is 0 Å². The summed E-state index contributed by atoms with van der Waals surface area (Å²) in [6.07, 6.45) is 9.67. The van der Waals surface area contributed by atoms with Crippen LogP contribution in [-0.2, 0) is 11.3 Å². The van der Waals surface area contributed by atoms with Crippen molar-refractivity contribution in [3.63, 3.8) is 0 Å². The Kier molecular flexibility index (Phi) is 4.98. The van der Waals surface area contributed by atoms with Gasteiger partial charge in [-0.3, -0.25) is 9.59 Å². The smallest absolute Gasteiger partial charge is 0.257 e. The van der Waals surface area contributed by atoms with Crippen LogP contribution in [0.25, 0.3) is 0 Å². The summed E-state index contributed by atoms with van der Waals surface area (Å²) >= 11 is 0. The number of furan rings is 1. The SMILES string of the molecule is C[C@@H](Cn1ccnc1)NC(=O)C1CCN(C(=O)c2ccoc2)CC1. The summed E-state index contributed by atoms with van der Waals surface area (Å²) in [5.41, 5.74) is 0.562. The number of imidazole rings is 1. The molecular formula is C17H22N4O3. The van der Waals surface area contributed by atoms with Crippen LogP contribution in [0.5, 0.6) is 0 Å². The Bertz CT molecular complexity index is 658. The number of piperidine rings is 1. The zero-order valence-corrected chi connectivity index (χ0v) is 13.7. The number of carbonyl (C=O) groups excluding carboxylic acids is 2. The molecule has 0 aromatic carbocycles. The first-order chi connectivity index (χ1) is 11.6. The van der Waals surface area contributed by atoms with Gasteiger partial charge in [0.05, 0.1) is 18.2 Å². The highest BCUT2D eigenvalue weighted by molar-refractivity contribution is 5.94. The van der Waals surface area contributed by atoms with E-state index in [4.69, 9.17) is 4.42 Å². The molecule has 0 spiro atoms. The first-order valence-corrected chi connectivity index (χ1v) is 8.21. The maximum atomic E-state index is 12.4. The van der Waals surface area contributed by atoms with Crippen LogP contribution in [0.15, 0.2) is 41.7 Å². The molecule has 3 heterocycles.